The highest BCUT2D eigenvalue weighted by atomic mass is 16.3. The summed E-state index contributed by atoms with van der Waals surface area (Å²) in [6.07, 6.45) is 2.89. The predicted octanol–water partition coefficient (Wildman–Crippen LogP) is 2.74. The minimum absolute atomic E-state index is 0.00120. The van der Waals surface area contributed by atoms with E-state index in [9.17, 15) is 38.7 Å². The van der Waals surface area contributed by atoms with Crippen LogP contribution in [-0.4, -0.2) is 112 Å². The van der Waals surface area contributed by atoms with Crippen molar-refractivity contribution in [1.29, 1.82) is 0 Å². The Bertz CT molecular complexity index is 1870. The molecule has 0 bridgehead atoms. The summed E-state index contributed by atoms with van der Waals surface area (Å²) in [5.41, 5.74) is 1.35. The minimum atomic E-state index is -1.23. The van der Waals surface area contributed by atoms with Crippen LogP contribution >= 0.6 is 0 Å². The van der Waals surface area contributed by atoms with Crippen LogP contribution in [0.25, 0.3) is 0 Å². The summed E-state index contributed by atoms with van der Waals surface area (Å²) < 4.78 is 0. The Morgan fingerprint density at radius 3 is 1.46 bits per heavy atom. The number of fused-ring (bicyclic) bond motifs is 2. The summed E-state index contributed by atoms with van der Waals surface area (Å²) in [7, 11) is 0. The number of amides is 7. The van der Waals surface area contributed by atoms with E-state index in [1.165, 1.54) is 21.9 Å². The molecule has 3 aliphatic heterocycles. The van der Waals surface area contributed by atoms with Gasteiger partial charge >= 0.3 is 0 Å². The lowest BCUT2D eigenvalue weighted by atomic mass is 9.96. The van der Waals surface area contributed by atoms with Crippen molar-refractivity contribution >= 4 is 41.4 Å². The highest BCUT2D eigenvalue weighted by molar-refractivity contribution is 5.99. The van der Waals surface area contributed by atoms with Crippen molar-refractivity contribution in [1.82, 2.24) is 36.4 Å². The summed E-state index contributed by atoms with van der Waals surface area (Å²) in [5.74, 6) is -4.17. The summed E-state index contributed by atoms with van der Waals surface area (Å²) in [6.45, 7) is 12.0. The van der Waals surface area contributed by atoms with Gasteiger partial charge in [0, 0.05) is 25.9 Å². The van der Waals surface area contributed by atoms with E-state index < -0.39 is 83.6 Å². The number of aromatic hydroxyl groups is 1. The summed E-state index contributed by atoms with van der Waals surface area (Å²) >= 11 is 0. The third-order valence-electron chi connectivity index (χ3n) is 12.0. The number of phenols is 1. The normalized spacial score (nSPS) is 26.8. The number of hydrogen-bond donors (Lipinski definition) is 6. The maximum Gasteiger partial charge on any atom is 0.245 e. The van der Waals surface area contributed by atoms with E-state index in [2.05, 4.69) is 26.6 Å². The van der Waals surface area contributed by atoms with Crippen LogP contribution in [0.3, 0.4) is 0 Å². The highest BCUT2D eigenvalue weighted by Crippen LogP contribution is 2.25. The van der Waals surface area contributed by atoms with Crippen LogP contribution in [0.1, 0.15) is 97.6 Å². The lowest BCUT2D eigenvalue weighted by Gasteiger charge is -2.33. The van der Waals surface area contributed by atoms with Crippen molar-refractivity contribution in [2.45, 2.75) is 142 Å². The van der Waals surface area contributed by atoms with Gasteiger partial charge in [-0.3, -0.25) is 33.6 Å². The Balaban J connectivity index is 1.59. The van der Waals surface area contributed by atoms with Gasteiger partial charge < -0.3 is 41.5 Å². The maximum atomic E-state index is 14.5. The molecule has 3 saturated heterocycles. The van der Waals surface area contributed by atoms with E-state index >= 15 is 0 Å². The van der Waals surface area contributed by atoms with Crippen LogP contribution in [0.4, 0.5) is 0 Å². The van der Waals surface area contributed by atoms with Crippen LogP contribution in [0, 0.1) is 17.8 Å². The average molecular weight is 844 g/mol. The van der Waals surface area contributed by atoms with E-state index in [-0.39, 0.29) is 55.9 Å². The van der Waals surface area contributed by atoms with Crippen molar-refractivity contribution in [3.8, 4) is 5.75 Å². The van der Waals surface area contributed by atoms with Gasteiger partial charge in [-0.1, -0.05) is 90.4 Å². The van der Waals surface area contributed by atoms with Gasteiger partial charge in [-0.05, 0) is 79.5 Å². The average Bonchev–Trinajstić information content (AvgIpc) is 3.93. The standard InChI is InChI=1S/C46H65N7O8/c1-7-29(6)39-44(59)48-34(25-30-13-9-8-10-14-30)40(55)47-33(26-31-17-19-32(54)20-18-31)41(56)49-35(23-27(2)3)45(60)52-21-11-15-37(52)42(57)50-36(24-28(4)5)46(61)53-22-12-16-38(53)43(58)51-39/h8-10,13-14,17-20,27-29,33-39,54H,7,11-12,15-16,21-26H2,1-6H3,(H,47,55)(H,48,59)(H,49,56)(H,50,57)(H,51,58)/t29-,33-,34-,35-,36-,37-,38-,39-/m0/s1. The molecule has 3 heterocycles. The first kappa shape index (κ1) is 46.6. The van der Waals surface area contributed by atoms with E-state index in [0.29, 0.717) is 44.1 Å². The molecule has 0 unspecified atom stereocenters. The zero-order valence-corrected chi connectivity index (χ0v) is 36.4. The molecule has 15 nitrogen and oxygen atoms in total. The number of benzene rings is 2. The molecule has 0 aliphatic carbocycles. The molecule has 6 N–H and O–H groups in total. The van der Waals surface area contributed by atoms with Gasteiger partial charge in [0.2, 0.25) is 41.4 Å². The van der Waals surface area contributed by atoms with E-state index in [1.807, 2.05) is 71.9 Å². The number of rotatable bonds is 10. The molecule has 0 spiro atoms. The quantitative estimate of drug-likeness (QED) is 0.209. The Labute approximate surface area is 359 Å². The molecular weight excluding hydrogens is 779 g/mol. The van der Waals surface area contributed by atoms with E-state index in [1.54, 1.807) is 12.1 Å². The third-order valence-corrected chi connectivity index (χ3v) is 12.0. The van der Waals surface area contributed by atoms with E-state index in [0.717, 1.165) is 5.56 Å². The van der Waals surface area contributed by atoms with Crippen molar-refractivity contribution in [3.05, 3.63) is 65.7 Å². The van der Waals surface area contributed by atoms with Crippen molar-refractivity contribution in [3.63, 3.8) is 0 Å². The number of nitrogens with zero attached hydrogens (tertiary/aromatic N) is 2. The first-order chi connectivity index (χ1) is 29.1. The monoisotopic (exact) mass is 843 g/mol. The van der Waals surface area contributed by atoms with Crippen LogP contribution in [0.2, 0.25) is 0 Å². The molecule has 332 valence electrons. The largest absolute Gasteiger partial charge is 0.508 e. The number of nitrogens with one attached hydrogen (secondary N) is 5. The number of carbonyl (C=O) groups excluding carboxylic acids is 7. The summed E-state index contributed by atoms with van der Waals surface area (Å²) in [5, 5.41) is 24.5. The van der Waals surface area contributed by atoms with Gasteiger partial charge in [-0.2, -0.15) is 0 Å². The van der Waals surface area contributed by atoms with Gasteiger partial charge in [0.05, 0.1) is 0 Å². The Hall–Kier alpha value is -5.47. The number of carbonyl (C=O) groups is 7. The second-order valence-electron chi connectivity index (χ2n) is 17.8. The van der Waals surface area contributed by atoms with Crippen LogP contribution in [0.5, 0.6) is 5.75 Å². The van der Waals surface area contributed by atoms with E-state index in [4.69, 9.17) is 0 Å². The molecule has 7 amide bonds. The molecule has 0 aromatic heterocycles. The lowest BCUT2D eigenvalue weighted by molar-refractivity contribution is -0.145. The molecule has 8 atom stereocenters. The molecule has 2 aromatic rings. The Morgan fingerprint density at radius 1 is 0.557 bits per heavy atom. The molecule has 15 heteroatoms. The van der Waals surface area contributed by atoms with Gasteiger partial charge in [-0.25, -0.2) is 0 Å². The summed E-state index contributed by atoms with van der Waals surface area (Å²) in [4.78, 5) is 103. The second-order valence-corrected chi connectivity index (χ2v) is 17.8. The molecular formula is C46H65N7O8. The van der Waals surface area contributed by atoms with Crippen molar-refractivity contribution in [2.75, 3.05) is 13.1 Å². The lowest BCUT2D eigenvalue weighted by Crippen LogP contribution is -2.61. The fourth-order valence-corrected chi connectivity index (χ4v) is 8.55. The van der Waals surface area contributed by atoms with Gasteiger partial charge in [0.15, 0.2) is 0 Å². The second kappa shape index (κ2) is 21.4. The fourth-order valence-electron chi connectivity index (χ4n) is 8.55. The molecule has 3 fully saturated rings. The molecule has 5 rings (SSSR count). The topological polar surface area (TPSA) is 206 Å². The highest BCUT2D eigenvalue weighted by Gasteiger charge is 2.43. The molecule has 61 heavy (non-hydrogen) atoms. The molecule has 0 saturated carbocycles. The third kappa shape index (κ3) is 12.3. The number of hydrogen-bond acceptors (Lipinski definition) is 8. The number of phenolic OH excluding ortho intramolecular Hbond substituents is 1. The summed E-state index contributed by atoms with van der Waals surface area (Å²) in [6, 6.07) is 7.98. The van der Waals surface area contributed by atoms with Crippen molar-refractivity contribution < 1.29 is 38.7 Å². The first-order valence-electron chi connectivity index (χ1n) is 22.0. The molecule has 0 radical (unpaired) electrons. The van der Waals surface area contributed by atoms with Gasteiger partial charge in [0.1, 0.15) is 48.0 Å². The Kier molecular flexibility index (Phi) is 16.3. The minimum Gasteiger partial charge on any atom is -0.508 e. The van der Waals surface area contributed by atoms with Crippen LogP contribution < -0.4 is 26.6 Å². The zero-order chi connectivity index (χ0) is 44.4. The molecule has 2 aromatic carbocycles. The Morgan fingerprint density at radius 2 is 0.984 bits per heavy atom. The van der Waals surface area contributed by atoms with Gasteiger partial charge in [0.25, 0.3) is 0 Å². The molecule has 3 aliphatic rings. The van der Waals surface area contributed by atoms with Crippen molar-refractivity contribution in [2.24, 2.45) is 17.8 Å². The van der Waals surface area contributed by atoms with Crippen LogP contribution in [-0.2, 0) is 46.4 Å². The first-order valence-corrected chi connectivity index (χ1v) is 22.0. The maximum absolute atomic E-state index is 14.5. The smallest absolute Gasteiger partial charge is 0.245 e. The predicted molar refractivity (Wildman–Crippen MR) is 229 cm³/mol. The fraction of sp³-hybridized carbons (Fsp3) is 0.587. The zero-order valence-electron chi connectivity index (χ0n) is 36.4. The van der Waals surface area contributed by atoms with Gasteiger partial charge in [-0.15, -0.1) is 0 Å². The SMILES string of the molecule is CC[C@H](C)[C@@H]1NC(=O)[C@@H]2CCCN2C(=O)[C@H](CC(C)C)NC(=O)[C@@H]2CCCN2C(=O)[C@H](CC(C)C)NC(=O)[C@H](Cc2ccc(O)cc2)NC(=O)[C@H](Cc2ccccc2)NC1=O. The van der Waals surface area contributed by atoms with Crippen LogP contribution in [0.15, 0.2) is 54.6 Å².